The molecule has 1 N–H and O–H groups in total. The van der Waals surface area contributed by atoms with Gasteiger partial charge in [0.15, 0.2) is 0 Å². The second kappa shape index (κ2) is 6.36. The summed E-state index contributed by atoms with van der Waals surface area (Å²) in [6.07, 6.45) is 0. The maximum Gasteiger partial charge on any atom is 0.275 e. The molecule has 0 aliphatic heterocycles. The van der Waals surface area contributed by atoms with Crippen LogP contribution >= 0.6 is 46.4 Å². The highest BCUT2D eigenvalue weighted by Crippen LogP contribution is 2.36. The first-order valence-corrected chi connectivity index (χ1v) is 7.10. The summed E-state index contributed by atoms with van der Waals surface area (Å²) < 4.78 is 13.4. The highest BCUT2D eigenvalue weighted by molar-refractivity contribution is 6.52. The summed E-state index contributed by atoms with van der Waals surface area (Å²) in [5.74, 6) is -1.12. The molecule has 0 saturated carbocycles. The van der Waals surface area contributed by atoms with Crippen molar-refractivity contribution in [1.82, 2.24) is 4.98 Å². The van der Waals surface area contributed by atoms with Crippen LogP contribution in [0.3, 0.4) is 0 Å². The van der Waals surface area contributed by atoms with Gasteiger partial charge >= 0.3 is 0 Å². The van der Waals surface area contributed by atoms with Crippen molar-refractivity contribution in [2.24, 2.45) is 0 Å². The summed E-state index contributed by atoms with van der Waals surface area (Å²) in [7, 11) is 0. The first-order chi connectivity index (χ1) is 9.81. The molecule has 1 amide bonds. The summed E-state index contributed by atoms with van der Waals surface area (Å²) in [6.45, 7) is 1.61. The number of anilines is 1. The molecule has 1 aromatic carbocycles. The largest absolute Gasteiger partial charge is 0.321 e. The number of halogens is 5. The van der Waals surface area contributed by atoms with Crippen molar-refractivity contribution in [2.45, 2.75) is 6.92 Å². The SMILES string of the molecule is Cc1ccc(NC(=O)c2nc(Cl)c(Cl)c(Cl)c2Cl)cc1F. The summed E-state index contributed by atoms with van der Waals surface area (Å²) in [6, 6.07) is 4.26. The zero-order chi connectivity index (χ0) is 15.7. The van der Waals surface area contributed by atoms with Crippen molar-refractivity contribution in [3.63, 3.8) is 0 Å². The van der Waals surface area contributed by atoms with Gasteiger partial charge in [-0.25, -0.2) is 9.37 Å². The average Bonchev–Trinajstić information content (AvgIpc) is 2.44. The smallest absolute Gasteiger partial charge is 0.275 e. The van der Waals surface area contributed by atoms with Gasteiger partial charge in [-0.15, -0.1) is 0 Å². The number of hydrogen-bond acceptors (Lipinski definition) is 2. The third-order valence-corrected chi connectivity index (χ3v) is 4.31. The van der Waals surface area contributed by atoms with Crippen molar-refractivity contribution in [3.05, 3.63) is 55.5 Å². The second-order valence-corrected chi connectivity index (χ2v) is 5.60. The van der Waals surface area contributed by atoms with Gasteiger partial charge in [-0.05, 0) is 24.6 Å². The molecule has 21 heavy (non-hydrogen) atoms. The minimum Gasteiger partial charge on any atom is -0.321 e. The molecular formula is C13H7Cl4FN2O. The first-order valence-electron chi connectivity index (χ1n) is 5.58. The van der Waals surface area contributed by atoms with Crippen LogP contribution in [0.1, 0.15) is 16.1 Å². The lowest BCUT2D eigenvalue weighted by atomic mass is 10.2. The zero-order valence-corrected chi connectivity index (χ0v) is 13.5. The fourth-order valence-corrected chi connectivity index (χ4v) is 2.31. The van der Waals surface area contributed by atoms with Crippen LogP contribution in [0.15, 0.2) is 18.2 Å². The summed E-state index contributed by atoms with van der Waals surface area (Å²) in [4.78, 5) is 15.9. The zero-order valence-electron chi connectivity index (χ0n) is 10.5. The summed E-state index contributed by atoms with van der Waals surface area (Å²) in [5, 5.41) is 2.07. The Balaban J connectivity index is 2.35. The predicted octanol–water partition coefficient (Wildman–Crippen LogP) is 5.40. The quantitative estimate of drug-likeness (QED) is 0.722. The number of nitrogens with one attached hydrogen (secondary N) is 1. The van der Waals surface area contributed by atoms with Crippen molar-refractivity contribution in [3.8, 4) is 0 Å². The molecule has 0 saturated heterocycles. The summed E-state index contributed by atoms with van der Waals surface area (Å²) in [5.41, 5.74) is 0.516. The molecule has 0 unspecified atom stereocenters. The number of carbonyl (C=O) groups is 1. The van der Waals surface area contributed by atoms with Crippen molar-refractivity contribution in [2.75, 3.05) is 5.32 Å². The Morgan fingerprint density at radius 3 is 2.43 bits per heavy atom. The highest BCUT2D eigenvalue weighted by atomic mass is 35.5. The molecule has 0 bridgehead atoms. The second-order valence-electron chi connectivity index (χ2n) is 4.11. The molecule has 1 aromatic heterocycles. The Kier molecular flexibility index (Phi) is 4.94. The summed E-state index contributed by atoms with van der Waals surface area (Å²) >= 11 is 23.3. The van der Waals surface area contributed by atoms with Crippen LogP contribution in [0.25, 0.3) is 0 Å². The fraction of sp³-hybridized carbons (Fsp3) is 0.0769. The van der Waals surface area contributed by atoms with Crippen molar-refractivity contribution >= 4 is 58.0 Å². The number of benzene rings is 1. The van der Waals surface area contributed by atoms with Crippen LogP contribution in [0.4, 0.5) is 10.1 Å². The Bertz CT molecular complexity index is 737. The van der Waals surface area contributed by atoms with Crippen LogP contribution in [-0.4, -0.2) is 10.9 Å². The van der Waals surface area contributed by atoms with E-state index < -0.39 is 11.7 Å². The average molecular weight is 368 g/mol. The molecule has 0 atom stereocenters. The Labute approximate surface area is 140 Å². The lowest BCUT2D eigenvalue weighted by molar-refractivity contribution is 0.102. The Morgan fingerprint density at radius 1 is 1.14 bits per heavy atom. The molecule has 0 aliphatic carbocycles. The molecule has 1 heterocycles. The lowest BCUT2D eigenvalue weighted by Crippen LogP contribution is -2.15. The van der Waals surface area contributed by atoms with E-state index in [2.05, 4.69) is 10.3 Å². The van der Waals surface area contributed by atoms with E-state index in [1.54, 1.807) is 13.0 Å². The molecule has 0 spiro atoms. The normalized spacial score (nSPS) is 10.6. The third-order valence-electron chi connectivity index (χ3n) is 2.63. The van der Waals surface area contributed by atoms with Crippen molar-refractivity contribution < 1.29 is 9.18 Å². The number of aryl methyl sites for hydroxylation is 1. The minimum atomic E-state index is -0.677. The number of hydrogen-bond donors (Lipinski definition) is 1. The van der Waals surface area contributed by atoms with Gasteiger partial charge in [0.05, 0.1) is 15.1 Å². The van der Waals surface area contributed by atoms with Gasteiger partial charge in [0.25, 0.3) is 5.91 Å². The van der Waals surface area contributed by atoms with Crippen LogP contribution < -0.4 is 5.32 Å². The molecule has 2 aromatic rings. The maximum absolute atomic E-state index is 13.4. The van der Waals surface area contributed by atoms with Crippen molar-refractivity contribution in [1.29, 1.82) is 0 Å². The van der Waals surface area contributed by atoms with Crippen LogP contribution in [-0.2, 0) is 0 Å². The van der Waals surface area contributed by atoms with E-state index in [9.17, 15) is 9.18 Å². The number of carbonyl (C=O) groups excluding carboxylic acids is 1. The van der Waals surface area contributed by atoms with E-state index in [1.165, 1.54) is 12.1 Å². The number of aromatic nitrogens is 1. The van der Waals surface area contributed by atoms with Crippen LogP contribution in [0.5, 0.6) is 0 Å². The van der Waals surface area contributed by atoms with Crippen LogP contribution in [0.2, 0.25) is 20.2 Å². The van der Waals surface area contributed by atoms with Gasteiger partial charge in [-0.2, -0.15) is 0 Å². The topological polar surface area (TPSA) is 42.0 Å². The third kappa shape index (κ3) is 3.40. The Hall–Kier alpha value is -1.07. The molecule has 8 heteroatoms. The monoisotopic (exact) mass is 366 g/mol. The maximum atomic E-state index is 13.4. The number of nitrogens with zero attached hydrogens (tertiary/aromatic N) is 1. The van der Waals surface area contributed by atoms with E-state index in [0.717, 1.165) is 0 Å². The van der Waals surface area contributed by atoms with Gasteiger partial charge in [-0.3, -0.25) is 4.79 Å². The molecule has 3 nitrogen and oxygen atoms in total. The van der Waals surface area contributed by atoms with Gasteiger partial charge < -0.3 is 5.32 Å². The molecule has 110 valence electrons. The highest BCUT2D eigenvalue weighted by Gasteiger charge is 2.20. The Morgan fingerprint density at radius 2 is 1.81 bits per heavy atom. The molecule has 0 fully saturated rings. The van der Waals surface area contributed by atoms with Gasteiger partial charge in [0, 0.05) is 5.69 Å². The fourth-order valence-electron chi connectivity index (χ4n) is 1.50. The number of amides is 1. The first kappa shape index (κ1) is 16.3. The van der Waals surface area contributed by atoms with E-state index in [1.807, 2.05) is 0 Å². The van der Waals surface area contributed by atoms with Gasteiger partial charge in [0.1, 0.15) is 16.7 Å². The van der Waals surface area contributed by atoms with E-state index in [-0.39, 0.29) is 31.6 Å². The number of rotatable bonds is 2. The van der Waals surface area contributed by atoms with Gasteiger partial charge in [-0.1, -0.05) is 52.5 Å². The van der Waals surface area contributed by atoms with E-state index in [0.29, 0.717) is 5.56 Å². The molecule has 2 rings (SSSR count). The molecule has 0 aliphatic rings. The van der Waals surface area contributed by atoms with Crippen LogP contribution in [0, 0.1) is 12.7 Å². The minimum absolute atomic E-state index is 0.0405. The number of pyridine rings is 1. The van der Waals surface area contributed by atoms with Gasteiger partial charge in [0.2, 0.25) is 0 Å². The molecular weight excluding hydrogens is 361 g/mol. The predicted molar refractivity (Wildman–Crippen MR) is 83.4 cm³/mol. The van der Waals surface area contributed by atoms with E-state index in [4.69, 9.17) is 46.4 Å². The standard InChI is InChI=1S/C13H7Cl4FN2O/c1-5-2-3-6(4-7(5)18)19-13(21)11-9(15)8(14)10(16)12(17)20-11/h2-4H,1H3,(H,19,21). The molecule has 0 radical (unpaired) electrons. The van der Waals surface area contributed by atoms with E-state index >= 15 is 0 Å². The lowest BCUT2D eigenvalue weighted by Gasteiger charge is -2.09.